The molecule has 10 nitrogen and oxygen atoms in total. The van der Waals surface area contributed by atoms with Crippen LogP contribution in [0.5, 0.6) is 5.75 Å². The number of rotatable bonds is 11. The number of carbonyl (C=O) groups is 3. The van der Waals surface area contributed by atoms with E-state index in [1.165, 1.54) is 0 Å². The molecule has 5 atom stereocenters. The first-order valence-electron chi connectivity index (χ1n) is 17.0. The molecule has 4 aliphatic rings. The largest absolute Gasteiger partial charge is 0.494 e. The highest BCUT2D eigenvalue weighted by Crippen LogP contribution is 2.58. The zero-order valence-electron chi connectivity index (χ0n) is 27.8. The first-order chi connectivity index (χ1) is 22.8. The summed E-state index contributed by atoms with van der Waals surface area (Å²) in [6.45, 7) is 11.0. The fourth-order valence-corrected chi connectivity index (χ4v) is 8.03. The summed E-state index contributed by atoms with van der Waals surface area (Å²) in [7, 11) is 0. The third-order valence-corrected chi connectivity index (χ3v) is 10.2. The van der Waals surface area contributed by atoms with Gasteiger partial charge in [0.1, 0.15) is 17.4 Å². The first kappa shape index (κ1) is 32.8. The molecule has 0 radical (unpaired) electrons. The van der Waals surface area contributed by atoms with Gasteiger partial charge in [-0.2, -0.15) is 0 Å². The third-order valence-electron chi connectivity index (χ3n) is 10.2. The molecule has 3 amide bonds. The van der Waals surface area contributed by atoms with E-state index in [9.17, 15) is 19.5 Å². The van der Waals surface area contributed by atoms with Crippen molar-refractivity contribution < 1.29 is 29.0 Å². The second-order valence-electron chi connectivity index (χ2n) is 12.5. The van der Waals surface area contributed by atoms with Crippen LogP contribution in [0.2, 0.25) is 0 Å². The Hall–Kier alpha value is -4.15. The number of ether oxygens (including phenoxy) is 2. The second-order valence-corrected chi connectivity index (χ2v) is 12.5. The van der Waals surface area contributed by atoms with Crippen molar-refractivity contribution in [1.29, 1.82) is 0 Å². The Kier molecular flexibility index (Phi) is 9.18. The van der Waals surface area contributed by atoms with Gasteiger partial charge in [0.05, 0.1) is 24.0 Å². The normalized spacial score (nSPS) is 28.2. The van der Waals surface area contributed by atoms with E-state index < -0.39 is 29.1 Å². The molecule has 1 spiro atoms. The van der Waals surface area contributed by atoms with Gasteiger partial charge in [0.15, 0.2) is 0 Å². The molecule has 0 aliphatic carbocycles. The van der Waals surface area contributed by atoms with E-state index in [2.05, 4.69) is 18.7 Å². The fourth-order valence-electron chi connectivity index (χ4n) is 8.03. The van der Waals surface area contributed by atoms with Crippen LogP contribution >= 0.6 is 0 Å². The number of anilines is 3. The average molecular weight is 643 g/mol. The smallest absolute Gasteiger partial charge is 0.253 e. The van der Waals surface area contributed by atoms with Crippen LogP contribution in [-0.4, -0.2) is 90.9 Å². The van der Waals surface area contributed by atoms with Gasteiger partial charge in [-0.1, -0.05) is 31.2 Å². The van der Waals surface area contributed by atoms with Crippen molar-refractivity contribution in [2.45, 2.75) is 57.8 Å². The van der Waals surface area contributed by atoms with Crippen molar-refractivity contribution >= 4 is 34.8 Å². The minimum absolute atomic E-state index is 0.134. The van der Waals surface area contributed by atoms with Crippen LogP contribution in [0.3, 0.4) is 0 Å². The topological polar surface area (TPSA) is 103 Å². The zero-order chi connectivity index (χ0) is 33.3. The third kappa shape index (κ3) is 5.31. The van der Waals surface area contributed by atoms with E-state index >= 15 is 0 Å². The molecule has 4 heterocycles. The van der Waals surface area contributed by atoms with Gasteiger partial charge < -0.3 is 34.2 Å². The molecule has 4 aliphatic heterocycles. The summed E-state index contributed by atoms with van der Waals surface area (Å²) >= 11 is 0. The maximum absolute atomic E-state index is 14.7. The maximum Gasteiger partial charge on any atom is 0.253 e. The van der Waals surface area contributed by atoms with Crippen molar-refractivity contribution in [1.82, 2.24) is 4.90 Å². The van der Waals surface area contributed by atoms with Gasteiger partial charge in [0, 0.05) is 56.4 Å². The van der Waals surface area contributed by atoms with E-state index in [0.717, 1.165) is 24.5 Å². The summed E-state index contributed by atoms with van der Waals surface area (Å²) < 4.78 is 12.7. The van der Waals surface area contributed by atoms with Crippen LogP contribution in [0, 0.1) is 11.8 Å². The van der Waals surface area contributed by atoms with Crippen LogP contribution in [-0.2, 0) is 19.1 Å². The summed E-state index contributed by atoms with van der Waals surface area (Å²) in [6, 6.07) is 14.3. The Labute approximate surface area is 277 Å². The number of hydrogen-bond acceptors (Lipinski definition) is 7. The van der Waals surface area contributed by atoms with Gasteiger partial charge in [-0.15, -0.1) is 0 Å². The quantitative estimate of drug-likeness (QED) is 0.367. The SMILES string of the molecule is CCOc1ccc(N2CC=C[C@@]3(CC)O[C@]45C=CCN(c6ccc(N(CC)CC)cc6)C(=O)C4N(CCCO)C(=O)[C@@H]5[C@H]3C2=O)cc1. The zero-order valence-corrected chi connectivity index (χ0v) is 27.8. The maximum atomic E-state index is 14.7. The lowest BCUT2D eigenvalue weighted by molar-refractivity contribution is -0.145. The number of hydrogen-bond donors (Lipinski definition) is 1. The van der Waals surface area contributed by atoms with Gasteiger partial charge in [-0.25, -0.2) is 0 Å². The molecule has 1 unspecified atom stereocenters. The van der Waals surface area contributed by atoms with Gasteiger partial charge in [0.25, 0.3) is 5.91 Å². The Morgan fingerprint density at radius 2 is 1.45 bits per heavy atom. The molecule has 47 heavy (non-hydrogen) atoms. The van der Waals surface area contributed by atoms with E-state index in [0.29, 0.717) is 44.0 Å². The molecule has 6 rings (SSSR count). The molecule has 0 saturated carbocycles. The summed E-state index contributed by atoms with van der Waals surface area (Å²) in [5, 5.41) is 9.77. The molecular weight excluding hydrogens is 596 g/mol. The number of aliphatic hydroxyl groups excluding tert-OH is 1. The Morgan fingerprint density at radius 3 is 2.04 bits per heavy atom. The van der Waals surface area contributed by atoms with Crippen LogP contribution in [0.4, 0.5) is 17.1 Å². The van der Waals surface area contributed by atoms with Crippen molar-refractivity contribution in [3.05, 3.63) is 72.8 Å². The predicted molar refractivity (Wildman–Crippen MR) is 182 cm³/mol. The van der Waals surface area contributed by atoms with Gasteiger partial charge >= 0.3 is 0 Å². The summed E-state index contributed by atoms with van der Waals surface area (Å²) in [6.07, 6.45) is 8.40. The molecule has 250 valence electrons. The van der Waals surface area contributed by atoms with E-state index in [1.807, 2.05) is 86.7 Å². The summed E-state index contributed by atoms with van der Waals surface area (Å²) in [5.74, 6) is -1.84. The van der Waals surface area contributed by atoms with Crippen molar-refractivity contribution in [3.63, 3.8) is 0 Å². The lowest BCUT2D eigenvalue weighted by Gasteiger charge is -2.38. The number of nitrogens with zero attached hydrogens (tertiary/aromatic N) is 4. The van der Waals surface area contributed by atoms with Crippen LogP contribution < -0.4 is 19.4 Å². The number of aliphatic hydroxyl groups is 1. The number of likely N-dealkylation sites (tertiary alicyclic amines) is 1. The van der Waals surface area contributed by atoms with Crippen LogP contribution in [0.25, 0.3) is 0 Å². The molecule has 10 heteroatoms. The number of carbonyl (C=O) groups excluding carboxylic acids is 3. The highest BCUT2D eigenvalue weighted by atomic mass is 16.5. The summed E-state index contributed by atoms with van der Waals surface area (Å²) in [4.78, 5) is 51.3. The number of benzene rings is 2. The average Bonchev–Trinajstić information content (AvgIpc) is 3.37. The molecule has 0 bridgehead atoms. The highest BCUT2D eigenvalue weighted by molar-refractivity contribution is 6.07. The molecule has 2 aromatic carbocycles. The molecule has 2 saturated heterocycles. The standard InChI is InChI=1S/C37H46N4O6/c1-5-36-20-9-22-39(28-16-18-29(19-17-28)46-8-4)33(43)30(36)31-34(44)41(24-11-25-42)32-35(45)40(23-10-21-37(31,32)47-36)27-14-12-26(13-15-27)38(6-2)7-3/h9-10,12-21,30-32,42H,5-8,11,22-25H2,1-4H3/t30-,31-,32?,36+,37-/m0/s1. The lowest BCUT2D eigenvalue weighted by atomic mass is 9.73. The van der Waals surface area contributed by atoms with Gasteiger partial charge in [-0.3, -0.25) is 14.4 Å². The number of amides is 3. The van der Waals surface area contributed by atoms with Gasteiger partial charge in [-0.05, 0) is 82.1 Å². The molecule has 0 aromatic heterocycles. The molecule has 1 N–H and O–H groups in total. The molecule has 2 aromatic rings. The summed E-state index contributed by atoms with van der Waals surface area (Å²) in [5.41, 5.74) is 0.0502. The Balaban J connectivity index is 1.41. The highest BCUT2D eigenvalue weighted by Gasteiger charge is 2.75. The molecular formula is C37H46N4O6. The number of fused-ring (bicyclic) bond motifs is 2. The minimum atomic E-state index is -1.36. The lowest BCUT2D eigenvalue weighted by Crippen LogP contribution is -2.56. The van der Waals surface area contributed by atoms with Crippen molar-refractivity contribution in [2.75, 3.05) is 60.6 Å². The Morgan fingerprint density at radius 1 is 0.830 bits per heavy atom. The van der Waals surface area contributed by atoms with Gasteiger partial charge in [0.2, 0.25) is 11.8 Å². The molecule has 2 fully saturated rings. The second kappa shape index (κ2) is 13.2. The minimum Gasteiger partial charge on any atom is -0.494 e. The van der Waals surface area contributed by atoms with Crippen molar-refractivity contribution in [3.8, 4) is 5.75 Å². The first-order valence-corrected chi connectivity index (χ1v) is 17.0. The van der Waals surface area contributed by atoms with E-state index in [-0.39, 0.29) is 30.9 Å². The van der Waals surface area contributed by atoms with Crippen LogP contribution in [0.15, 0.2) is 72.8 Å². The predicted octanol–water partition coefficient (Wildman–Crippen LogP) is 4.18. The van der Waals surface area contributed by atoms with E-state index in [1.54, 1.807) is 14.7 Å². The monoisotopic (exact) mass is 642 g/mol. The van der Waals surface area contributed by atoms with E-state index in [4.69, 9.17) is 9.47 Å². The Bertz CT molecular complexity index is 1540. The van der Waals surface area contributed by atoms with Crippen molar-refractivity contribution in [2.24, 2.45) is 11.8 Å². The van der Waals surface area contributed by atoms with Crippen LogP contribution in [0.1, 0.15) is 40.5 Å². The fraction of sp³-hybridized carbons (Fsp3) is 0.486.